The molecule has 1 rings (SSSR count). The maximum Gasteiger partial charge on any atom is 0.339 e. The molecule has 0 aromatic carbocycles. The van der Waals surface area contributed by atoms with Gasteiger partial charge in [0.2, 0.25) is 0 Å². The van der Waals surface area contributed by atoms with Crippen molar-refractivity contribution in [3.8, 4) is 0 Å². The van der Waals surface area contributed by atoms with Crippen molar-refractivity contribution in [1.29, 1.82) is 0 Å². The highest BCUT2D eigenvalue weighted by Crippen LogP contribution is 2.33. The van der Waals surface area contributed by atoms with Crippen LogP contribution in [0.15, 0.2) is 5.38 Å². The first-order chi connectivity index (χ1) is 6.61. The van der Waals surface area contributed by atoms with Crippen LogP contribution in [0.3, 0.4) is 0 Å². The number of hydrogen-bond donors (Lipinski definition) is 0. The summed E-state index contributed by atoms with van der Waals surface area (Å²) in [6, 6.07) is 0. The average Bonchev–Trinajstić information content (AvgIpc) is 2.59. The molecule has 1 heterocycles. The molecule has 0 bridgehead atoms. The topological polar surface area (TPSA) is 26.3 Å². The molecule has 0 unspecified atom stereocenters. The molecule has 0 saturated heterocycles. The van der Waals surface area contributed by atoms with Crippen LogP contribution in [-0.4, -0.2) is 13.1 Å². The third kappa shape index (κ3) is 2.12. The van der Waals surface area contributed by atoms with Gasteiger partial charge in [0.1, 0.15) is 0 Å². The zero-order chi connectivity index (χ0) is 10.7. The fourth-order valence-corrected chi connectivity index (χ4v) is 2.70. The van der Waals surface area contributed by atoms with Gasteiger partial charge in [-0.2, -0.15) is 0 Å². The first-order valence-electron chi connectivity index (χ1n) is 3.64. The summed E-state index contributed by atoms with van der Waals surface area (Å²) in [5, 5.41) is 1.62. The largest absolute Gasteiger partial charge is 0.465 e. The van der Waals surface area contributed by atoms with Gasteiger partial charge in [-0.15, -0.1) is 11.3 Å². The second kappa shape index (κ2) is 4.84. The fourth-order valence-electron chi connectivity index (χ4n) is 1.000. The maximum atomic E-state index is 12.4. The first-order valence-corrected chi connectivity index (χ1v) is 5.64. The summed E-state index contributed by atoms with van der Waals surface area (Å²) in [5.41, 5.74) is 0.529. The van der Waals surface area contributed by atoms with Crippen LogP contribution in [0.2, 0.25) is 0 Å². The molecular formula is C8H7BrF2O2S. The van der Waals surface area contributed by atoms with Gasteiger partial charge in [0.15, 0.2) is 0 Å². The Morgan fingerprint density at radius 3 is 2.79 bits per heavy atom. The van der Waals surface area contributed by atoms with E-state index in [0.29, 0.717) is 5.56 Å². The van der Waals surface area contributed by atoms with Gasteiger partial charge >= 0.3 is 5.97 Å². The van der Waals surface area contributed by atoms with E-state index < -0.39 is 12.4 Å². The summed E-state index contributed by atoms with van der Waals surface area (Å²) < 4.78 is 29.3. The number of methoxy groups -OCH3 is 1. The Labute approximate surface area is 92.0 Å². The van der Waals surface area contributed by atoms with Crippen LogP contribution in [-0.2, 0) is 10.1 Å². The van der Waals surface area contributed by atoms with Gasteiger partial charge in [-0.3, -0.25) is 0 Å². The summed E-state index contributed by atoms with van der Waals surface area (Å²) in [6.45, 7) is 0. The predicted molar refractivity (Wildman–Crippen MR) is 53.2 cm³/mol. The molecule has 0 radical (unpaired) electrons. The molecule has 0 N–H and O–H groups in total. The second-order valence-electron chi connectivity index (χ2n) is 2.42. The minimum atomic E-state index is -2.55. The monoisotopic (exact) mass is 284 g/mol. The Kier molecular flexibility index (Phi) is 4.00. The van der Waals surface area contributed by atoms with Crippen LogP contribution in [0.5, 0.6) is 0 Å². The highest BCUT2D eigenvalue weighted by molar-refractivity contribution is 9.08. The zero-order valence-electron chi connectivity index (χ0n) is 7.22. The van der Waals surface area contributed by atoms with E-state index in [-0.39, 0.29) is 15.8 Å². The molecule has 1 aromatic heterocycles. The van der Waals surface area contributed by atoms with Crippen LogP contribution in [0.25, 0.3) is 0 Å². The van der Waals surface area contributed by atoms with Gasteiger partial charge in [0.05, 0.1) is 17.6 Å². The van der Waals surface area contributed by atoms with Gasteiger partial charge in [0, 0.05) is 10.7 Å². The normalized spacial score (nSPS) is 10.6. The molecule has 0 amide bonds. The third-order valence-electron chi connectivity index (χ3n) is 1.66. The highest BCUT2D eigenvalue weighted by Gasteiger charge is 2.22. The lowest BCUT2D eigenvalue weighted by atomic mass is 10.2. The number of hydrogen-bond acceptors (Lipinski definition) is 3. The van der Waals surface area contributed by atoms with Crippen molar-refractivity contribution in [3.63, 3.8) is 0 Å². The van der Waals surface area contributed by atoms with Gasteiger partial charge in [0.25, 0.3) is 6.43 Å². The quantitative estimate of drug-likeness (QED) is 0.628. The molecule has 0 saturated carbocycles. The van der Waals surface area contributed by atoms with E-state index in [0.717, 1.165) is 11.3 Å². The molecule has 0 aliphatic heterocycles. The Bertz CT molecular complexity index is 338. The number of halogens is 3. The molecule has 1 aromatic rings. The molecule has 0 spiro atoms. The lowest BCUT2D eigenvalue weighted by Crippen LogP contribution is -2.03. The Morgan fingerprint density at radius 2 is 2.36 bits per heavy atom. The van der Waals surface area contributed by atoms with Gasteiger partial charge < -0.3 is 4.74 Å². The summed E-state index contributed by atoms with van der Waals surface area (Å²) in [7, 11) is 1.22. The molecule has 14 heavy (non-hydrogen) atoms. The van der Waals surface area contributed by atoms with E-state index in [9.17, 15) is 13.6 Å². The number of alkyl halides is 3. The smallest absolute Gasteiger partial charge is 0.339 e. The fraction of sp³-hybridized carbons (Fsp3) is 0.375. The van der Waals surface area contributed by atoms with Crippen LogP contribution >= 0.6 is 27.3 Å². The number of carbonyl (C=O) groups excluding carboxylic acids is 1. The Morgan fingerprint density at radius 1 is 1.71 bits per heavy atom. The minimum Gasteiger partial charge on any atom is -0.465 e. The lowest BCUT2D eigenvalue weighted by Gasteiger charge is -2.01. The molecule has 0 atom stereocenters. The standard InChI is InChI=1S/C8H7BrF2O2S/c1-13-8(12)5-3-14-6(7(10)11)4(5)2-9/h3,7H,2H2,1H3. The zero-order valence-corrected chi connectivity index (χ0v) is 9.62. The summed E-state index contributed by atoms with van der Waals surface area (Å²) in [6.07, 6.45) is -2.55. The second-order valence-corrected chi connectivity index (χ2v) is 3.89. The van der Waals surface area contributed by atoms with E-state index in [1.807, 2.05) is 0 Å². The number of esters is 1. The molecule has 0 fully saturated rings. The van der Waals surface area contributed by atoms with Crippen molar-refractivity contribution in [1.82, 2.24) is 0 Å². The number of thiophene rings is 1. The highest BCUT2D eigenvalue weighted by atomic mass is 79.9. The van der Waals surface area contributed by atoms with Crippen molar-refractivity contribution in [2.24, 2.45) is 0 Å². The van der Waals surface area contributed by atoms with Crippen molar-refractivity contribution in [2.45, 2.75) is 11.8 Å². The Hall–Kier alpha value is -0.490. The lowest BCUT2D eigenvalue weighted by molar-refractivity contribution is 0.0600. The van der Waals surface area contributed by atoms with E-state index in [1.54, 1.807) is 0 Å². The van der Waals surface area contributed by atoms with Crippen molar-refractivity contribution in [2.75, 3.05) is 7.11 Å². The van der Waals surface area contributed by atoms with E-state index in [1.165, 1.54) is 12.5 Å². The van der Waals surface area contributed by atoms with Crippen molar-refractivity contribution >= 4 is 33.2 Å². The summed E-state index contributed by atoms with van der Waals surface area (Å²) >= 11 is 3.94. The number of rotatable bonds is 3. The molecule has 6 heteroatoms. The molecule has 78 valence electrons. The maximum absolute atomic E-state index is 12.4. The first kappa shape index (κ1) is 11.6. The predicted octanol–water partition coefficient (Wildman–Crippen LogP) is 3.37. The van der Waals surface area contributed by atoms with Crippen LogP contribution < -0.4 is 0 Å². The molecule has 0 aliphatic carbocycles. The van der Waals surface area contributed by atoms with Gasteiger partial charge in [-0.1, -0.05) is 15.9 Å². The molecular weight excluding hydrogens is 278 g/mol. The van der Waals surface area contributed by atoms with Crippen molar-refractivity contribution in [3.05, 3.63) is 21.4 Å². The average molecular weight is 285 g/mol. The van der Waals surface area contributed by atoms with E-state index >= 15 is 0 Å². The Balaban J connectivity index is 3.13. The van der Waals surface area contributed by atoms with Crippen LogP contribution in [0.1, 0.15) is 27.2 Å². The number of carbonyl (C=O) groups is 1. The SMILES string of the molecule is COC(=O)c1csc(C(F)F)c1CBr. The third-order valence-corrected chi connectivity index (χ3v) is 3.26. The minimum absolute atomic E-state index is 0.0812. The summed E-state index contributed by atoms with van der Waals surface area (Å²) in [4.78, 5) is 11.1. The van der Waals surface area contributed by atoms with E-state index in [4.69, 9.17) is 0 Å². The van der Waals surface area contributed by atoms with Gasteiger partial charge in [-0.25, -0.2) is 13.6 Å². The summed E-state index contributed by atoms with van der Waals surface area (Å²) in [5.74, 6) is -0.581. The molecule has 2 nitrogen and oxygen atoms in total. The van der Waals surface area contributed by atoms with Crippen molar-refractivity contribution < 1.29 is 18.3 Å². The van der Waals surface area contributed by atoms with Crippen LogP contribution in [0.4, 0.5) is 8.78 Å². The van der Waals surface area contributed by atoms with Crippen LogP contribution in [0, 0.1) is 0 Å². The molecule has 0 aliphatic rings. The van der Waals surface area contributed by atoms with Gasteiger partial charge in [-0.05, 0) is 5.56 Å². The number of ether oxygens (including phenoxy) is 1. The van der Waals surface area contributed by atoms with E-state index in [2.05, 4.69) is 20.7 Å².